The van der Waals surface area contributed by atoms with Gasteiger partial charge in [0, 0.05) is 37.4 Å². The first-order chi connectivity index (χ1) is 17.7. The maximum absolute atomic E-state index is 12.4. The lowest BCUT2D eigenvalue weighted by atomic mass is 10.0. The van der Waals surface area contributed by atoms with Gasteiger partial charge in [0.25, 0.3) is 0 Å². The highest BCUT2D eigenvalue weighted by molar-refractivity contribution is 7.87. The Balaban J connectivity index is 0.000000230. The highest BCUT2D eigenvalue weighted by Gasteiger charge is 2.50. The zero-order valence-electron chi connectivity index (χ0n) is 23.0. The van der Waals surface area contributed by atoms with E-state index >= 15 is 0 Å². The third-order valence-corrected chi connectivity index (χ3v) is 7.62. The molecule has 3 saturated heterocycles. The van der Waals surface area contributed by atoms with Crippen LogP contribution in [0.5, 0.6) is 0 Å². The number of piperidine rings is 1. The molecule has 4 aliphatic rings. The first kappa shape index (κ1) is 31.0. The molecule has 10 nitrogen and oxygen atoms in total. The molecule has 222 valence electrons. The monoisotopic (exact) mass is 582 g/mol. The van der Waals surface area contributed by atoms with Crippen molar-refractivity contribution < 1.29 is 49.6 Å². The van der Waals surface area contributed by atoms with Gasteiger partial charge in [-0.1, -0.05) is 0 Å². The van der Waals surface area contributed by atoms with Crippen molar-refractivity contribution >= 4 is 28.1 Å². The number of amides is 2. The molecule has 0 radical (unpaired) electrons. The Morgan fingerprint density at radius 2 is 1.23 bits per heavy atom. The molecule has 0 spiro atoms. The van der Waals surface area contributed by atoms with Gasteiger partial charge in [-0.25, -0.2) is 9.59 Å². The second-order valence-electron chi connectivity index (χ2n) is 12.2. The number of hydrogen-bond acceptors (Lipinski definition) is 8. The summed E-state index contributed by atoms with van der Waals surface area (Å²) in [5.41, 5.74) is -6.64. The normalized spacial score (nSPS) is 26.9. The zero-order chi connectivity index (χ0) is 29.6. The molecule has 0 aromatic heterocycles. The van der Waals surface area contributed by atoms with E-state index in [1.54, 1.807) is 25.7 Å². The fourth-order valence-corrected chi connectivity index (χ4v) is 5.72. The molecule has 0 saturated carbocycles. The van der Waals surface area contributed by atoms with Crippen molar-refractivity contribution in [1.82, 2.24) is 9.80 Å². The number of alkyl halides is 3. The molecule has 0 N–H and O–H groups in total. The summed E-state index contributed by atoms with van der Waals surface area (Å²) in [5, 5.41) is 0. The lowest BCUT2D eigenvalue weighted by Crippen LogP contribution is -2.48. The number of ether oxygens (including phenoxy) is 2. The third-order valence-electron chi connectivity index (χ3n) is 6.62. The molecule has 0 aromatic rings. The van der Waals surface area contributed by atoms with Gasteiger partial charge in [-0.3, -0.25) is 9.69 Å². The molecule has 0 aromatic carbocycles. The highest BCUT2D eigenvalue weighted by atomic mass is 32.2. The summed E-state index contributed by atoms with van der Waals surface area (Å²) >= 11 is 0. The topological polar surface area (TPSA) is 120 Å². The maximum Gasteiger partial charge on any atom is 0.534 e. The van der Waals surface area contributed by atoms with Gasteiger partial charge in [0.05, 0.1) is 6.04 Å². The Labute approximate surface area is 226 Å². The van der Waals surface area contributed by atoms with E-state index in [9.17, 15) is 36.0 Å². The average molecular weight is 583 g/mol. The van der Waals surface area contributed by atoms with E-state index < -0.39 is 45.0 Å². The molecule has 2 amide bonds. The van der Waals surface area contributed by atoms with Crippen LogP contribution in [0.3, 0.4) is 0 Å². The summed E-state index contributed by atoms with van der Waals surface area (Å²) in [5.74, 6) is 0.00180. The minimum absolute atomic E-state index is 0.0844. The predicted octanol–water partition coefficient (Wildman–Crippen LogP) is 5.03. The molecule has 39 heavy (non-hydrogen) atoms. The average Bonchev–Trinajstić information content (AvgIpc) is 3.15. The summed E-state index contributed by atoms with van der Waals surface area (Å²) in [6, 6.07) is -0.789. The Bertz CT molecular complexity index is 1090. The van der Waals surface area contributed by atoms with Gasteiger partial charge in [-0.2, -0.15) is 21.6 Å². The van der Waals surface area contributed by atoms with Crippen molar-refractivity contribution in [2.75, 3.05) is 0 Å². The largest absolute Gasteiger partial charge is 0.534 e. The number of carbonyl (C=O) groups is 3. The molecule has 14 heteroatoms. The van der Waals surface area contributed by atoms with Crippen molar-refractivity contribution in [3.05, 3.63) is 11.8 Å². The van der Waals surface area contributed by atoms with Crippen molar-refractivity contribution in [1.29, 1.82) is 0 Å². The van der Waals surface area contributed by atoms with Crippen LogP contribution >= 0.6 is 0 Å². The van der Waals surface area contributed by atoms with Crippen LogP contribution in [-0.4, -0.2) is 77.1 Å². The number of hydrogen-bond donors (Lipinski definition) is 0. The third kappa shape index (κ3) is 7.79. The number of halogens is 3. The second kappa shape index (κ2) is 10.8. The van der Waals surface area contributed by atoms with Gasteiger partial charge in [0.2, 0.25) is 0 Å². The molecule has 3 fully saturated rings. The van der Waals surface area contributed by atoms with E-state index in [0.717, 1.165) is 12.8 Å². The molecule has 4 atom stereocenters. The minimum Gasteiger partial charge on any atom is -0.444 e. The molecule has 4 aliphatic heterocycles. The Morgan fingerprint density at radius 1 is 0.795 bits per heavy atom. The first-order valence-corrected chi connectivity index (χ1v) is 14.3. The van der Waals surface area contributed by atoms with E-state index in [0.29, 0.717) is 25.7 Å². The van der Waals surface area contributed by atoms with Crippen LogP contribution < -0.4 is 0 Å². The first-order valence-electron chi connectivity index (χ1n) is 12.9. The van der Waals surface area contributed by atoms with Gasteiger partial charge in [-0.05, 0) is 73.3 Å². The molecule has 4 unspecified atom stereocenters. The fourth-order valence-electron chi connectivity index (χ4n) is 5.22. The fraction of sp³-hybridized carbons (Fsp3) is 0.800. The van der Waals surface area contributed by atoms with E-state index in [1.807, 2.05) is 20.8 Å². The van der Waals surface area contributed by atoms with Crippen molar-refractivity contribution in [3.8, 4) is 0 Å². The lowest BCUT2D eigenvalue weighted by Gasteiger charge is -2.35. The van der Waals surface area contributed by atoms with Crippen LogP contribution in [-0.2, 0) is 28.6 Å². The van der Waals surface area contributed by atoms with Crippen molar-refractivity contribution in [2.24, 2.45) is 0 Å². The Morgan fingerprint density at radius 3 is 1.67 bits per heavy atom. The summed E-state index contributed by atoms with van der Waals surface area (Å²) < 4.78 is 74.0. The summed E-state index contributed by atoms with van der Waals surface area (Å²) in [6.45, 7) is 10.7. The molecular formula is C25H37F3N2O8S. The van der Waals surface area contributed by atoms with Gasteiger partial charge in [0.15, 0.2) is 0 Å². The lowest BCUT2D eigenvalue weighted by molar-refractivity contribution is -0.123. The molecule has 4 rings (SSSR count). The van der Waals surface area contributed by atoms with Crippen LogP contribution in [0, 0.1) is 0 Å². The second-order valence-corrected chi connectivity index (χ2v) is 13.8. The van der Waals surface area contributed by atoms with E-state index in [2.05, 4.69) is 4.18 Å². The van der Waals surface area contributed by atoms with Crippen molar-refractivity contribution in [3.63, 3.8) is 0 Å². The van der Waals surface area contributed by atoms with Gasteiger partial charge >= 0.3 is 27.8 Å². The predicted molar refractivity (Wildman–Crippen MR) is 133 cm³/mol. The minimum atomic E-state index is -5.69. The molecule has 4 heterocycles. The number of fused-ring (bicyclic) bond motifs is 4. The molecular weight excluding hydrogens is 545 g/mol. The SMILES string of the molecule is CC(C)(C)OC(=O)N1C2C=C(OS(=O)(=O)C(F)(F)F)CC1CC2.CC(C)(C)OC(=O)N1C2CCC1CC(=O)C2. The van der Waals surface area contributed by atoms with Gasteiger partial charge in [-0.15, -0.1) is 0 Å². The number of ketones is 1. The molecule has 4 bridgehead atoms. The number of Topliss-reactive ketones (excluding diaryl/α,β-unsaturated/α-hetero) is 1. The maximum atomic E-state index is 12.4. The van der Waals surface area contributed by atoms with Crippen LogP contribution in [0.25, 0.3) is 0 Å². The quantitative estimate of drug-likeness (QED) is 0.329. The van der Waals surface area contributed by atoms with Crippen LogP contribution in [0.15, 0.2) is 11.8 Å². The summed E-state index contributed by atoms with van der Waals surface area (Å²) in [4.78, 5) is 38.7. The van der Waals surface area contributed by atoms with E-state index in [1.165, 1.54) is 11.0 Å². The summed E-state index contributed by atoms with van der Waals surface area (Å²) in [6.07, 6.45) is 4.28. The standard InChI is InChI=1S/C13H18F3NO5S.C12H19NO3/c1-12(2,3)21-11(18)17-8-4-5-9(17)7-10(6-8)22-23(19,20)13(14,15)16;1-12(2,3)16-11(15)13-8-4-5-9(13)7-10(14)6-8/h6,8-9H,4-5,7H2,1-3H3;8-9H,4-7H2,1-3H3. The zero-order valence-corrected chi connectivity index (χ0v) is 23.9. The van der Waals surface area contributed by atoms with Crippen LogP contribution in [0.2, 0.25) is 0 Å². The highest BCUT2D eigenvalue weighted by Crippen LogP contribution is 2.38. The smallest absolute Gasteiger partial charge is 0.444 e. The van der Waals surface area contributed by atoms with Crippen molar-refractivity contribution in [2.45, 2.75) is 127 Å². The van der Waals surface area contributed by atoms with E-state index in [4.69, 9.17) is 9.47 Å². The Hall–Kier alpha value is -2.51. The van der Waals surface area contributed by atoms with Gasteiger partial charge < -0.3 is 18.6 Å². The van der Waals surface area contributed by atoms with Crippen LogP contribution in [0.4, 0.5) is 22.8 Å². The number of rotatable bonds is 2. The molecule has 0 aliphatic carbocycles. The number of nitrogens with zero attached hydrogens (tertiary/aromatic N) is 2. The van der Waals surface area contributed by atoms with E-state index in [-0.39, 0.29) is 36.1 Å². The van der Waals surface area contributed by atoms with Gasteiger partial charge in [0.1, 0.15) is 22.7 Å². The summed E-state index contributed by atoms with van der Waals surface area (Å²) in [7, 11) is -5.69. The number of carbonyl (C=O) groups excluding carboxylic acids is 3. The Kier molecular flexibility index (Phi) is 8.60. The van der Waals surface area contributed by atoms with Crippen LogP contribution in [0.1, 0.15) is 86.5 Å².